The van der Waals surface area contributed by atoms with Gasteiger partial charge in [-0.3, -0.25) is 4.79 Å². The van der Waals surface area contributed by atoms with Crippen molar-refractivity contribution < 1.29 is 14.3 Å². The fraction of sp³-hybridized carbons (Fsp3) is 0.615. The lowest BCUT2D eigenvalue weighted by molar-refractivity contribution is -0.116. The number of anilines is 1. The number of carbonyl (C=O) groups excluding carboxylic acids is 2. The van der Waals surface area contributed by atoms with Crippen LogP contribution in [0.4, 0.5) is 5.69 Å². The highest BCUT2D eigenvalue weighted by Crippen LogP contribution is 2.17. The fourth-order valence-electron chi connectivity index (χ4n) is 3.45. The molecule has 1 N–H and O–H groups in total. The van der Waals surface area contributed by atoms with E-state index in [9.17, 15) is 9.59 Å². The van der Waals surface area contributed by atoms with Crippen LogP contribution in [0.3, 0.4) is 0 Å². The van der Waals surface area contributed by atoms with Crippen molar-refractivity contribution in [3.05, 3.63) is 42.0 Å². The summed E-state index contributed by atoms with van der Waals surface area (Å²) >= 11 is 0. The Balaban J connectivity index is 2.01. The molecule has 1 amide bonds. The maximum atomic E-state index is 12.1. The summed E-state index contributed by atoms with van der Waals surface area (Å²) in [6.07, 6.45) is 21.3. The van der Waals surface area contributed by atoms with E-state index in [-0.39, 0.29) is 5.91 Å². The van der Waals surface area contributed by atoms with E-state index >= 15 is 0 Å². The second-order valence-electron chi connectivity index (χ2n) is 7.92. The molecule has 4 nitrogen and oxygen atoms in total. The van der Waals surface area contributed by atoms with Crippen molar-refractivity contribution in [1.29, 1.82) is 0 Å². The normalized spacial score (nSPS) is 11.0. The van der Waals surface area contributed by atoms with Crippen LogP contribution in [0.25, 0.3) is 0 Å². The molecule has 4 heteroatoms. The number of nitrogens with one attached hydrogen (secondary N) is 1. The molecule has 0 aliphatic carbocycles. The molecule has 1 aromatic carbocycles. The molecule has 0 heterocycles. The Morgan fingerprint density at radius 2 is 1.40 bits per heavy atom. The molecule has 30 heavy (non-hydrogen) atoms. The molecule has 0 atom stereocenters. The number of para-hydroxylation sites is 1. The van der Waals surface area contributed by atoms with Gasteiger partial charge in [0.15, 0.2) is 0 Å². The summed E-state index contributed by atoms with van der Waals surface area (Å²) in [6, 6.07) is 6.93. The van der Waals surface area contributed by atoms with Crippen LogP contribution in [0, 0.1) is 0 Å². The van der Waals surface area contributed by atoms with E-state index in [2.05, 4.69) is 24.4 Å². The van der Waals surface area contributed by atoms with Crippen LogP contribution in [0.15, 0.2) is 36.4 Å². The van der Waals surface area contributed by atoms with Gasteiger partial charge in [-0.2, -0.15) is 0 Å². The van der Waals surface area contributed by atoms with E-state index < -0.39 is 5.97 Å². The summed E-state index contributed by atoms with van der Waals surface area (Å²) in [6.45, 7) is 2.26. The Hall–Kier alpha value is -2.10. The van der Waals surface area contributed by atoms with Crippen molar-refractivity contribution >= 4 is 17.6 Å². The quantitative estimate of drug-likeness (QED) is 0.163. The van der Waals surface area contributed by atoms with Crippen LogP contribution in [-0.2, 0) is 9.53 Å². The van der Waals surface area contributed by atoms with Crippen LogP contribution in [-0.4, -0.2) is 19.0 Å². The average Bonchev–Trinajstić information content (AvgIpc) is 2.76. The van der Waals surface area contributed by atoms with Gasteiger partial charge in [-0.1, -0.05) is 82.6 Å². The van der Waals surface area contributed by atoms with Gasteiger partial charge in [-0.05, 0) is 44.2 Å². The van der Waals surface area contributed by atoms with Crippen LogP contribution in [0.2, 0.25) is 0 Å². The molecule has 0 spiro atoms. The van der Waals surface area contributed by atoms with Crippen LogP contribution in [0.5, 0.6) is 0 Å². The van der Waals surface area contributed by atoms with Gasteiger partial charge in [0, 0.05) is 6.42 Å². The Bertz CT molecular complexity index is 624. The molecule has 1 aromatic rings. The maximum absolute atomic E-state index is 12.1. The molecular formula is C26H41NO3. The monoisotopic (exact) mass is 415 g/mol. The Morgan fingerprint density at radius 3 is 2.03 bits per heavy atom. The molecule has 168 valence electrons. The number of amides is 1. The number of methoxy groups -OCH3 is 1. The smallest absolute Gasteiger partial charge is 0.339 e. The van der Waals surface area contributed by atoms with Gasteiger partial charge < -0.3 is 10.1 Å². The standard InChI is InChI=1S/C26H41NO3/c1-3-4-5-6-7-8-9-10-11-12-13-14-15-16-17-22-25(28)27-24-21-19-18-20-23(24)26(29)30-2/h10-11,18-21H,3-9,12-17,22H2,1-2H3,(H,27,28)/b11-10-. The summed E-state index contributed by atoms with van der Waals surface area (Å²) in [4.78, 5) is 23.9. The highest BCUT2D eigenvalue weighted by molar-refractivity contribution is 6.01. The van der Waals surface area contributed by atoms with Crippen molar-refractivity contribution in [2.24, 2.45) is 0 Å². The number of allylic oxidation sites excluding steroid dienone is 2. The summed E-state index contributed by atoms with van der Waals surface area (Å²) in [5, 5.41) is 2.83. The minimum atomic E-state index is -0.438. The third-order valence-corrected chi connectivity index (χ3v) is 5.27. The van der Waals surface area contributed by atoms with E-state index in [1.165, 1.54) is 71.3 Å². The second-order valence-corrected chi connectivity index (χ2v) is 7.92. The number of carbonyl (C=O) groups is 2. The molecule has 0 aliphatic rings. The zero-order valence-electron chi connectivity index (χ0n) is 19.1. The predicted octanol–water partition coefficient (Wildman–Crippen LogP) is 7.45. The summed E-state index contributed by atoms with van der Waals surface area (Å²) in [7, 11) is 1.34. The van der Waals surface area contributed by atoms with Gasteiger partial charge >= 0.3 is 5.97 Å². The molecule has 0 aromatic heterocycles. The maximum Gasteiger partial charge on any atom is 0.339 e. The summed E-state index contributed by atoms with van der Waals surface area (Å²) in [5.41, 5.74) is 0.903. The lowest BCUT2D eigenvalue weighted by atomic mass is 10.1. The SMILES string of the molecule is CCCCCCCC/C=C\CCCCCCCC(=O)Nc1ccccc1C(=O)OC. The Labute approximate surface area is 183 Å². The zero-order valence-corrected chi connectivity index (χ0v) is 19.1. The third kappa shape index (κ3) is 12.5. The minimum absolute atomic E-state index is 0.0519. The first-order valence-electron chi connectivity index (χ1n) is 11.8. The van der Waals surface area contributed by atoms with E-state index in [0.717, 1.165) is 19.3 Å². The largest absolute Gasteiger partial charge is 0.465 e. The molecule has 0 saturated carbocycles. The minimum Gasteiger partial charge on any atom is -0.465 e. The van der Waals surface area contributed by atoms with Crippen LogP contribution in [0.1, 0.15) is 107 Å². The molecule has 0 radical (unpaired) electrons. The number of hydrogen-bond donors (Lipinski definition) is 1. The number of esters is 1. The van der Waals surface area contributed by atoms with Gasteiger partial charge in [0.2, 0.25) is 5.91 Å². The predicted molar refractivity (Wildman–Crippen MR) is 126 cm³/mol. The summed E-state index contributed by atoms with van der Waals surface area (Å²) < 4.78 is 4.75. The first-order valence-corrected chi connectivity index (χ1v) is 11.8. The summed E-state index contributed by atoms with van der Waals surface area (Å²) in [5.74, 6) is -0.490. The number of benzene rings is 1. The number of rotatable bonds is 17. The topological polar surface area (TPSA) is 55.4 Å². The highest BCUT2D eigenvalue weighted by atomic mass is 16.5. The van der Waals surface area contributed by atoms with E-state index in [1.807, 2.05) is 0 Å². The molecule has 0 saturated heterocycles. The van der Waals surface area contributed by atoms with Crippen molar-refractivity contribution in [3.63, 3.8) is 0 Å². The Morgan fingerprint density at radius 1 is 0.833 bits per heavy atom. The molecule has 0 fully saturated rings. The molecule has 0 unspecified atom stereocenters. The van der Waals surface area contributed by atoms with Crippen molar-refractivity contribution in [1.82, 2.24) is 0 Å². The van der Waals surface area contributed by atoms with Crippen LogP contribution < -0.4 is 5.32 Å². The molecular weight excluding hydrogens is 374 g/mol. The van der Waals surface area contributed by atoms with Crippen LogP contribution >= 0.6 is 0 Å². The third-order valence-electron chi connectivity index (χ3n) is 5.27. The lowest BCUT2D eigenvalue weighted by Crippen LogP contribution is -2.14. The van der Waals surface area contributed by atoms with Gasteiger partial charge in [0.05, 0.1) is 18.4 Å². The average molecular weight is 416 g/mol. The zero-order chi connectivity index (χ0) is 21.9. The van der Waals surface area contributed by atoms with E-state index in [0.29, 0.717) is 17.7 Å². The highest BCUT2D eigenvalue weighted by Gasteiger charge is 2.12. The van der Waals surface area contributed by atoms with Gasteiger partial charge in [0.1, 0.15) is 0 Å². The molecule has 1 rings (SSSR count). The van der Waals surface area contributed by atoms with Crippen molar-refractivity contribution in [3.8, 4) is 0 Å². The molecule has 0 aliphatic heterocycles. The second kappa shape index (κ2) is 17.7. The van der Waals surface area contributed by atoms with E-state index in [4.69, 9.17) is 4.74 Å². The number of ether oxygens (including phenoxy) is 1. The van der Waals surface area contributed by atoms with Crippen molar-refractivity contribution in [2.75, 3.05) is 12.4 Å². The Kier molecular flexibility index (Phi) is 15.3. The van der Waals surface area contributed by atoms with Gasteiger partial charge in [0.25, 0.3) is 0 Å². The van der Waals surface area contributed by atoms with Gasteiger partial charge in [-0.15, -0.1) is 0 Å². The first-order chi connectivity index (χ1) is 14.7. The van der Waals surface area contributed by atoms with Crippen molar-refractivity contribution in [2.45, 2.75) is 96.8 Å². The molecule has 0 bridgehead atoms. The van der Waals surface area contributed by atoms with Gasteiger partial charge in [-0.25, -0.2) is 4.79 Å². The number of unbranched alkanes of at least 4 members (excludes halogenated alkanes) is 11. The first kappa shape index (κ1) is 25.9. The fourth-order valence-corrected chi connectivity index (χ4v) is 3.45. The number of hydrogen-bond acceptors (Lipinski definition) is 3. The van der Waals surface area contributed by atoms with E-state index in [1.54, 1.807) is 24.3 Å². The lowest BCUT2D eigenvalue weighted by Gasteiger charge is -2.09.